The maximum atomic E-state index is 12.5. The molecule has 0 spiro atoms. The summed E-state index contributed by atoms with van der Waals surface area (Å²) in [6.07, 6.45) is 1.74. The zero-order chi connectivity index (χ0) is 17.5. The van der Waals surface area contributed by atoms with E-state index in [1.54, 1.807) is 13.3 Å². The number of hydrogen-bond donors (Lipinski definition) is 1. The lowest BCUT2D eigenvalue weighted by Gasteiger charge is -2.24. The first-order chi connectivity index (χ1) is 11.3. The van der Waals surface area contributed by atoms with Crippen LogP contribution in [-0.2, 0) is 5.41 Å². The van der Waals surface area contributed by atoms with Gasteiger partial charge in [-0.15, -0.1) is 0 Å². The van der Waals surface area contributed by atoms with E-state index in [0.717, 1.165) is 33.5 Å². The van der Waals surface area contributed by atoms with Crippen molar-refractivity contribution in [2.75, 3.05) is 7.11 Å². The molecular formula is C20H22N2O2. The first kappa shape index (κ1) is 16.2. The van der Waals surface area contributed by atoms with Crippen LogP contribution in [0.15, 0.2) is 41.3 Å². The molecule has 0 aliphatic rings. The molecule has 0 radical (unpaired) electrons. The second kappa shape index (κ2) is 5.78. The molecule has 3 rings (SSSR count). The van der Waals surface area contributed by atoms with Crippen molar-refractivity contribution in [1.82, 2.24) is 9.97 Å². The van der Waals surface area contributed by atoms with Gasteiger partial charge in [0.1, 0.15) is 5.75 Å². The van der Waals surface area contributed by atoms with Crippen LogP contribution in [-0.4, -0.2) is 17.1 Å². The lowest BCUT2D eigenvalue weighted by molar-refractivity contribution is 0.402. The summed E-state index contributed by atoms with van der Waals surface area (Å²) in [5, 5.41) is 0.919. The van der Waals surface area contributed by atoms with Gasteiger partial charge in [-0.05, 0) is 42.7 Å². The van der Waals surface area contributed by atoms with Crippen LogP contribution < -0.4 is 10.3 Å². The maximum absolute atomic E-state index is 12.5. The first-order valence-electron chi connectivity index (χ1n) is 7.99. The van der Waals surface area contributed by atoms with E-state index in [-0.39, 0.29) is 11.0 Å². The molecule has 3 aromatic rings. The van der Waals surface area contributed by atoms with E-state index in [4.69, 9.17) is 4.74 Å². The summed E-state index contributed by atoms with van der Waals surface area (Å²) in [4.78, 5) is 19.9. The molecule has 0 saturated heterocycles. The average molecular weight is 322 g/mol. The number of aromatic nitrogens is 2. The topological polar surface area (TPSA) is 55.0 Å². The van der Waals surface area contributed by atoms with Crippen LogP contribution in [0.3, 0.4) is 0 Å². The zero-order valence-corrected chi connectivity index (χ0v) is 14.7. The van der Waals surface area contributed by atoms with Gasteiger partial charge in [0.25, 0.3) is 5.56 Å². The summed E-state index contributed by atoms with van der Waals surface area (Å²) in [5.41, 5.74) is 3.89. The molecule has 124 valence electrons. The monoisotopic (exact) mass is 322 g/mol. The van der Waals surface area contributed by atoms with Gasteiger partial charge >= 0.3 is 0 Å². The number of fused-ring (bicyclic) bond motifs is 1. The molecule has 0 aliphatic carbocycles. The van der Waals surface area contributed by atoms with Crippen molar-refractivity contribution < 1.29 is 4.74 Å². The lowest BCUT2D eigenvalue weighted by atomic mass is 9.83. The Labute approximate surface area is 141 Å². The van der Waals surface area contributed by atoms with E-state index in [1.165, 1.54) is 0 Å². The third-order valence-corrected chi connectivity index (χ3v) is 4.20. The smallest absolute Gasteiger partial charge is 0.256 e. The number of ether oxygens (including phenoxy) is 1. The third-order valence-electron chi connectivity index (χ3n) is 4.20. The Hall–Kier alpha value is -2.62. The quantitative estimate of drug-likeness (QED) is 0.769. The molecule has 4 nitrogen and oxygen atoms in total. The highest BCUT2D eigenvalue weighted by Crippen LogP contribution is 2.40. The number of methoxy groups -OCH3 is 1. The fourth-order valence-corrected chi connectivity index (χ4v) is 2.99. The Balaban J connectivity index is 2.46. The minimum absolute atomic E-state index is 0.105. The Bertz CT molecular complexity index is 966. The predicted octanol–water partition coefficient (Wildman–Crippen LogP) is 4.20. The molecule has 0 unspecified atom stereocenters. The Morgan fingerprint density at radius 2 is 1.88 bits per heavy atom. The minimum atomic E-state index is -0.123. The molecule has 0 aliphatic heterocycles. The van der Waals surface area contributed by atoms with E-state index in [1.807, 2.05) is 37.3 Å². The summed E-state index contributed by atoms with van der Waals surface area (Å²) < 4.78 is 5.70. The summed E-state index contributed by atoms with van der Waals surface area (Å²) in [7, 11) is 1.68. The van der Waals surface area contributed by atoms with Gasteiger partial charge in [-0.3, -0.25) is 9.78 Å². The zero-order valence-electron chi connectivity index (χ0n) is 14.7. The number of H-pyrrole nitrogens is 1. The van der Waals surface area contributed by atoms with Gasteiger partial charge in [-0.2, -0.15) is 0 Å². The van der Waals surface area contributed by atoms with Crippen LogP contribution >= 0.6 is 0 Å². The molecule has 4 heteroatoms. The van der Waals surface area contributed by atoms with Gasteiger partial charge in [0.2, 0.25) is 0 Å². The molecule has 2 heterocycles. The SMILES string of the molecule is COc1c(C(C)(C)C)cc(-c2ccc(C)[nH]c2=O)c2ncccc12. The fraction of sp³-hybridized carbons (Fsp3) is 0.300. The van der Waals surface area contributed by atoms with Gasteiger partial charge < -0.3 is 9.72 Å². The average Bonchev–Trinajstić information content (AvgIpc) is 2.53. The highest BCUT2D eigenvalue weighted by molar-refractivity contribution is 5.98. The number of nitrogens with one attached hydrogen (secondary N) is 1. The molecule has 0 fully saturated rings. The highest BCUT2D eigenvalue weighted by Gasteiger charge is 2.24. The van der Waals surface area contributed by atoms with Crippen molar-refractivity contribution in [3.8, 4) is 16.9 Å². The van der Waals surface area contributed by atoms with Gasteiger partial charge in [0.05, 0.1) is 12.6 Å². The molecule has 0 bridgehead atoms. The number of aryl methyl sites for hydroxylation is 1. The van der Waals surface area contributed by atoms with E-state index in [0.29, 0.717) is 5.56 Å². The lowest BCUT2D eigenvalue weighted by Crippen LogP contribution is -2.15. The van der Waals surface area contributed by atoms with Crippen LogP contribution in [0, 0.1) is 6.92 Å². The summed E-state index contributed by atoms with van der Waals surface area (Å²) in [5.74, 6) is 0.817. The first-order valence-corrected chi connectivity index (χ1v) is 7.99. The predicted molar refractivity (Wildman–Crippen MR) is 97.8 cm³/mol. The largest absolute Gasteiger partial charge is 0.496 e. The second-order valence-corrected chi connectivity index (χ2v) is 7.04. The molecular weight excluding hydrogens is 300 g/mol. The van der Waals surface area contributed by atoms with Crippen LogP contribution in [0.1, 0.15) is 32.0 Å². The highest BCUT2D eigenvalue weighted by atomic mass is 16.5. The van der Waals surface area contributed by atoms with Gasteiger partial charge in [0, 0.05) is 34.0 Å². The number of rotatable bonds is 2. The normalized spacial score (nSPS) is 11.7. The Morgan fingerprint density at radius 1 is 1.12 bits per heavy atom. The standard InChI is InChI=1S/C20H22N2O2/c1-12-8-9-13(19(23)22-12)15-11-16(20(2,3)4)18(24-5)14-7-6-10-21-17(14)15/h6-11H,1-5H3,(H,22,23). The van der Waals surface area contributed by atoms with Crippen molar-refractivity contribution in [3.05, 3.63) is 58.1 Å². The minimum Gasteiger partial charge on any atom is -0.496 e. The van der Waals surface area contributed by atoms with Gasteiger partial charge in [0.15, 0.2) is 0 Å². The van der Waals surface area contributed by atoms with Crippen LogP contribution in [0.25, 0.3) is 22.0 Å². The van der Waals surface area contributed by atoms with E-state index in [2.05, 4.69) is 30.7 Å². The number of pyridine rings is 2. The molecule has 0 saturated carbocycles. The summed E-state index contributed by atoms with van der Waals surface area (Å²) >= 11 is 0. The van der Waals surface area contributed by atoms with Crippen LogP contribution in [0.4, 0.5) is 0 Å². The van der Waals surface area contributed by atoms with Crippen molar-refractivity contribution in [2.45, 2.75) is 33.1 Å². The number of nitrogens with zero attached hydrogens (tertiary/aromatic N) is 1. The third kappa shape index (κ3) is 2.68. The molecule has 24 heavy (non-hydrogen) atoms. The number of aromatic amines is 1. The van der Waals surface area contributed by atoms with Crippen LogP contribution in [0.2, 0.25) is 0 Å². The summed E-state index contributed by atoms with van der Waals surface area (Å²) in [6.45, 7) is 8.28. The van der Waals surface area contributed by atoms with Gasteiger partial charge in [-0.25, -0.2) is 0 Å². The summed E-state index contributed by atoms with van der Waals surface area (Å²) in [6, 6.07) is 9.68. The van der Waals surface area contributed by atoms with Crippen molar-refractivity contribution in [3.63, 3.8) is 0 Å². The molecule has 0 atom stereocenters. The van der Waals surface area contributed by atoms with E-state index in [9.17, 15) is 4.79 Å². The molecule has 0 amide bonds. The van der Waals surface area contributed by atoms with Crippen molar-refractivity contribution in [1.29, 1.82) is 0 Å². The van der Waals surface area contributed by atoms with E-state index < -0.39 is 0 Å². The maximum Gasteiger partial charge on any atom is 0.256 e. The molecule has 2 aromatic heterocycles. The number of benzene rings is 1. The van der Waals surface area contributed by atoms with Crippen LogP contribution in [0.5, 0.6) is 5.75 Å². The van der Waals surface area contributed by atoms with Crippen molar-refractivity contribution in [2.24, 2.45) is 0 Å². The number of hydrogen-bond acceptors (Lipinski definition) is 3. The van der Waals surface area contributed by atoms with Gasteiger partial charge in [-0.1, -0.05) is 20.8 Å². The molecule has 1 N–H and O–H groups in total. The van der Waals surface area contributed by atoms with Crippen molar-refractivity contribution >= 4 is 10.9 Å². The second-order valence-electron chi connectivity index (χ2n) is 7.04. The molecule has 1 aromatic carbocycles. The fourth-order valence-electron chi connectivity index (χ4n) is 2.99. The Morgan fingerprint density at radius 3 is 2.50 bits per heavy atom. The van der Waals surface area contributed by atoms with E-state index >= 15 is 0 Å². The Kier molecular flexibility index (Phi) is 3.91.